The van der Waals surface area contributed by atoms with E-state index in [0.717, 1.165) is 100 Å². The van der Waals surface area contributed by atoms with Crippen LogP contribution in [-0.2, 0) is 36.2 Å². The molecule has 3 aliphatic rings. The lowest BCUT2D eigenvalue weighted by atomic mass is 9.76. The van der Waals surface area contributed by atoms with Gasteiger partial charge in [0.05, 0.1) is 17.5 Å². The molecular formula is C48H66N3O6S+. The third-order valence-corrected chi connectivity index (χ3v) is 12.9. The van der Waals surface area contributed by atoms with Gasteiger partial charge in [0.25, 0.3) is 0 Å². The predicted octanol–water partition coefficient (Wildman–Crippen LogP) is 10.5. The number of hydrogen-bond donors (Lipinski definition) is 4. The quantitative estimate of drug-likeness (QED) is 0.0650. The van der Waals surface area contributed by atoms with Gasteiger partial charge in [-0.3, -0.25) is 9.59 Å². The average molecular weight is 813 g/mol. The minimum absolute atomic E-state index is 0.0340. The van der Waals surface area contributed by atoms with Gasteiger partial charge in [-0.05, 0) is 101 Å². The van der Waals surface area contributed by atoms with Crippen LogP contribution in [0.1, 0.15) is 127 Å². The number of carboxylic acid groups (broad SMARTS) is 1. The lowest BCUT2D eigenvalue weighted by Crippen LogP contribution is -2.34. The van der Waals surface area contributed by atoms with Gasteiger partial charge in [-0.15, -0.1) is 4.33 Å². The van der Waals surface area contributed by atoms with Crippen LogP contribution >= 0.6 is 12.0 Å². The lowest BCUT2D eigenvalue weighted by molar-refractivity contribution is -0.438. The number of hydrogen-bond acceptors (Lipinski definition) is 7. The van der Waals surface area contributed by atoms with E-state index < -0.39 is 5.97 Å². The Morgan fingerprint density at radius 2 is 1.69 bits per heavy atom. The molecule has 5 rings (SSSR count). The van der Waals surface area contributed by atoms with Crippen molar-refractivity contribution in [1.29, 1.82) is 0 Å². The molecule has 0 saturated carbocycles. The van der Waals surface area contributed by atoms with Crippen molar-refractivity contribution >= 4 is 35.3 Å². The molecule has 2 aromatic rings. The first-order chi connectivity index (χ1) is 28.1. The Morgan fingerprint density at radius 1 is 0.897 bits per heavy atom. The number of fused-ring (bicyclic) bond motifs is 5. The summed E-state index contributed by atoms with van der Waals surface area (Å²) in [5.41, 5.74) is 7.68. The van der Waals surface area contributed by atoms with Gasteiger partial charge in [0.15, 0.2) is 5.71 Å². The molecule has 1 aliphatic carbocycles. The van der Waals surface area contributed by atoms with Crippen molar-refractivity contribution in [1.82, 2.24) is 10.6 Å². The van der Waals surface area contributed by atoms with Crippen molar-refractivity contribution < 1.29 is 33.9 Å². The molecule has 0 fully saturated rings. The molecule has 0 radical (unpaired) electrons. The largest absolute Gasteiger partial charge is 0.481 e. The third kappa shape index (κ3) is 12.8. The van der Waals surface area contributed by atoms with E-state index in [4.69, 9.17) is 14.7 Å². The van der Waals surface area contributed by atoms with E-state index in [9.17, 15) is 9.59 Å². The highest BCUT2D eigenvalue weighted by atomic mass is 32.2. The second-order valence-corrected chi connectivity index (χ2v) is 17.7. The van der Waals surface area contributed by atoms with Crippen LogP contribution in [0, 0.1) is 5.92 Å². The number of carbonyl (C=O) groups excluding carboxylic acids is 1. The van der Waals surface area contributed by atoms with Gasteiger partial charge in [-0.1, -0.05) is 110 Å². The van der Waals surface area contributed by atoms with Crippen LogP contribution < -0.4 is 10.6 Å². The Balaban J connectivity index is 1.32. The Kier molecular flexibility index (Phi) is 18.0. The maximum atomic E-state index is 13.0. The summed E-state index contributed by atoms with van der Waals surface area (Å²) in [5, 5.41) is 28.5. The van der Waals surface area contributed by atoms with Crippen LogP contribution in [0.3, 0.4) is 0 Å². The number of benzene rings is 2. The minimum atomic E-state index is -0.738. The second kappa shape index (κ2) is 23.1. The predicted molar refractivity (Wildman–Crippen MR) is 235 cm³/mol. The summed E-state index contributed by atoms with van der Waals surface area (Å²) in [4.78, 5) is 24.8. The van der Waals surface area contributed by atoms with Crippen LogP contribution in [0.25, 0.3) is 0 Å². The third-order valence-electron chi connectivity index (χ3n) is 12.3. The van der Waals surface area contributed by atoms with E-state index in [0.29, 0.717) is 25.3 Å². The molecule has 1 amide bonds. The van der Waals surface area contributed by atoms with Crippen molar-refractivity contribution in [3.8, 4) is 0 Å². The summed E-state index contributed by atoms with van der Waals surface area (Å²) >= 11 is 0.971. The van der Waals surface area contributed by atoms with E-state index >= 15 is 0 Å². The highest BCUT2D eigenvalue weighted by Gasteiger charge is 2.44. The first-order valence-electron chi connectivity index (χ1n) is 21.6. The molecule has 9 nitrogen and oxygen atoms in total. The van der Waals surface area contributed by atoms with E-state index in [1.165, 1.54) is 47.2 Å². The fourth-order valence-corrected chi connectivity index (χ4v) is 9.36. The number of carboxylic acids is 1. The number of nitrogens with one attached hydrogen (secondary N) is 2. The molecule has 2 atom stereocenters. The van der Waals surface area contributed by atoms with Crippen LogP contribution in [-0.4, -0.2) is 58.7 Å². The minimum Gasteiger partial charge on any atom is -0.481 e. The number of rotatable bonds is 9. The first kappa shape index (κ1) is 45.3. The summed E-state index contributed by atoms with van der Waals surface area (Å²) in [7, 11) is 0. The van der Waals surface area contributed by atoms with Crippen LogP contribution in [0.4, 0.5) is 5.69 Å². The molecule has 0 saturated heterocycles. The van der Waals surface area contributed by atoms with Gasteiger partial charge in [0.1, 0.15) is 6.54 Å². The monoisotopic (exact) mass is 812 g/mol. The Morgan fingerprint density at radius 3 is 2.53 bits per heavy atom. The zero-order valence-corrected chi connectivity index (χ0v) is 35.8. The van der Waals surface area contributed by atoms with Gasteiger partial charge in [0.2, 0.25) is 11.6 Å². The SMILES string of the molecule is CC1(C)C2=[N+](CCCCCC(=O)NCC(CCCCCC(=O)O)CNCCCCCCC3(C)C(=CC=CC=CC=C2)Cc2ccccc23)c2ccc(SOOO)cc21. The summed E-state index contributed by atoms with van der Waals surface area (Å²) in [6.45, 7) is 10.2. The van der Waals surface area contributed by atoms with E-state index in [1.54, 1.807) is 0 Å². The van der Waals surface area contributed by atoms with E-state index in [2.05, 4.69) is 120 Å². The van der Waals surface area contributed by atoms with Gasteiger partial charge < -0.3 is 15.7 Å². The maximum absolute atomic E-state index is 13.0. The standard InChI is InChI=1S/C48H65N3O6S/c1-47(2)42-34-40(58-57-56-55)28-29-43(42)51-32-20-10-14-26-45(52)50-36-37(21-11-9-15-27-46(53)54)35-49-31-19-8-7-18-30-48(3)39(33-38-22-16-17-24-41(38)48)23-12-5-4-6-13-25-44(47)51/h4-6,12-13,16-17,22-25,28-29,34,37,49H,7-11,14-15,18-21,26-27,30-33,35-36H2,1-3H3,(H2-,50,52,53,54,55)/p+1. The van der Waals surface area contributed by atoms with Crippen LogP contribution in [0.5, 0.6) is 0 Å². The first-order valence-corrected chi connectivity index (χ1v) is 22.3. The summed E-state index contributed by atoms with van der Waals surface area (Å²) in [6, 6.07) is 15.1. The Labute approximate surface area is 350 Å². The zero-order chi connectivity index (χ0) is 41.2. The molecule has 10 heteroatoms. The maximum Gasteiger partial charge on any atom is 0.303 e. The molecule has 0 aromatic heterocycles. The van der Waals surface area contributed by atoms with Crippen LogP contribution in [0.15, 0.2) is 95.5 Å². The molecule has 2 heterocycles. The van der Waals surface area contributed by atoms with Crippen molar-refractivity contribution in [2.75, 3.05) is 26.2 Å². The van der Waals surface area contributed by atoms with E-state index in [-0.39, 0.29) is 23.2 Å². The summed E-state index contributed by atoms with van der Waals surface area (Å²) < 4.78 is 7.15. The van der Waals surface area contributed by atoms with Gasteiger partial charge in [-0.25, -0.2) is 5.26 Å². The fourth-order valence-electron chi connectivity index (χ4n) is 8.97. The Bertz CT molecular complexity index is 1830. The second-order valence-electron chi connectivity index (χ2n) is 16.9. The number of unbranched alkanes of at least 4 members (excludes halogenated alkanes) is 2. The van der Waals surface area contributed by atoms with Gasteiger partial charge in [-0.2, -0.15) is 4.58 Å². The van der Waals surface area contributed by atoms with Crippen molar-refractivity contribution in [3.05, 3.63) is 107 Å². The van der Waals surface area contributed by atoms with Crippen molar-refractivity contribution in [3.63, 3.8) is 0 Å². The number of carbonyl (C=O) groups is 2. The topological polar surface area (TPSA) is 120 Å². The molecule has 58 heavy (non-hydrogen) atoms. The molecule has 2 unspecified atom stereocenters. The fraction of sp³-hybridized carbons (Fsp3) is 0.521. The molecule has 0 spiro atoms. The molecule has 2 aliphatic heterocycles. The zero-order valence-electron chi connectivity index (χ0n) is 35.0. The highest BCUT2D eigenvalue weighted by Crippen LogP contribution is 2.46. The smallest absolute Gasteiger partial charge is 0.303 e. The van der Waals surface area contributed by atoms with E-state index in [1.807, 2.05) is 6.07 Å². The lowest BCUT2D eigenvalue weighted by Gasteiger charge is -2.28. The molecular weight excluding hydrogens is 747 g/mol. The highest BCUT2D eigenvalue weighted by molar-refractivity contribution is 7.94. The molecule has 314 valence electrons. The number of allylic oxidation sites excluding steroid dienone is 8. The number of nitrogens with zero attached hydrogens (tertiary/aromatic N) is 1. The summed E-state index contributed by atoms with van der Waals surface area (Å²) in [6.07, 6.45) is 29.0. The average Bonchev–Trinajstić information content (AvgIpc) is 3.60. The summed E-state index contributed by atoms with van der Waals surface area (Å²) in [5.74, 6) is -0.319. The number of aliphatic carboxylic acids is 1. The van der Waals surface area contributed by atoms with Gasteiger partial charge in [0, 0.05) is 53.8 Å². The number of amides is 1. The van der Waals surface area contributed by atoms with Crippen LogP contribution in [0.2, 0.25) is 0 Å². The molecule has 4 N–H and O–H groups in total. The molecule has 2 aromatic carbocycles. The van der Waals surface area contributed by atoms with Gasteiger partial charge >= 0.3 is 5.97 Å². The van der Waals surface area contributed by atoms with Crippen molar-refractivity contribution in [2.24, 2.45) is 5.92 Å². The van der Waals surface area contributed by atoms with Crippen molar-refractivity contribution in [2.45, 2.75) is 133 Å². The molecule has 0 bridgehead atoms. The normalized spacial score (nSPS) is 22.5. The Hall–Kier alpha value is -3.80.